The van der Waals surface area contributed by atoms with E-state index in [-0.39, 0.29) is 6.61 Å². The summed E-state index contributed by atoms with van der Waals surface area (Å²) in [6.45, 7) is 3.20. The van der Waals surface area contributed by atoms with E-state index >= 15 is 0 Å². The van der Waals surface area contributed by atoms with Gasteiger partial charge in [0.2, 0.25) is 0 Å². The standard InChI is InChI=1S/C21H38O8/c1-2-3-4-5-6-7-8-9-10-11-14-17(23)19(25)16(28-14)13-27-21-20(26)18(24)15(12-22)29-21/h2,14-26H,1,3-13H2. The van der Waals surface area contributed by atoms with E-state index in [1.807, 2.05) is 6.08 Å². The minimum Gasteiger partial charge on any atom is -0.394 e. The summed E-state index contributed by atoms with van der Waals surface area (Å²) in [7, 11) is 0. The number of rotatable bonds is 14. The van der Waals surface area contributed by atoms with Gasteiger partial charge in [-0.25, -0.2) is 0 Å². The average molecular weight is 419 g/mol. The summed E-state index contributed by atoms with van der Waals surface area (Å²) >= 11 is 0. The van der Waals surface area contributed by atoms with Crippen molar-refractivity contribution in [2.75, 3.05) is 13.2 Å². The molecule has 0 aliphatic carbocycles. The molecule has 0 aromatic carbocycles. The lowest BCUT2D eigenvalue weighted by Gasteiger charge is -2.20. The molecule has 8 heteroatoms. The van der Waals surface area contributed by atoms with Crippen molar-refractivity contribution < 1.29 is 39.7 Å². The minimum atomic E-state index is -1.29. The zero-order valence-electron chi connectivity index (χ0n) is 17.1. The number of aliphatic hydroxyl groups is 5. The van der Waals surface area contributed by atoms with Gasteiger partial charge in [0.15, 0.2) is 6.29 Å². The summed E-state index contributed by atoms with van der Waals surface area (Å²) in [4.78, 5) is 0. The van der Waals surface area contributed by atoms with Crippen LogP contribution in [0.2, 0.25) is 0 Å². The predicted octanol–water partition coefficient (Wildman–Crippen LogP) is 0.628. The van der Waals surface area contributed by atoms with E-state index < -0.39 is 55.6 Å². The van der Waals surface area contributed by atoms with Crippen molar-refractivity contribution in [2.24, 2.45) is 0 Å². The Labute approximate surface area is 173 Å². The maximum Gasteiger partial charge on any atom is 0.186 e. The highest BCUT2D eigenvalue weighted by atomic mass is 16.7. The number of hydrogen-bond acceptors (Lipinski definition) is 8. The number of unbranched alkanes of at least 4 members (excludes halogenated alkanes) is 7. The van der Waals surface area contributed by atoms with Crippen LogP contribution in [0.4, 0.5) is 0 Å². The molecule has 2 rings (SSSR count). The SMILES string of the molecule is C=CCCCCCCCCCC1OC(COC2OC(CO)C(O)C2O)C(O)C1O. The van der Waals surface area contributed by atoms with Crippen molar-refractivity contribution in [2.45, 2.75) is 107 Å². The monoisotopic (exact) mass is 418 g/mol. The van der Waals surface area contributed by atoms with Crippen LogP contribution in [-0.4, -0.2) is 87.8 Å². The first-order valence-electron chi connectivity index (χ1n) is 10.9. The fourth-order valence-corrected chi connectivity index (χ4v) is 3.91. The first-order chi connectivity index (χ1) is 14.0. The minimum absolute atomic E-state index is 0.0912. The molecule has 0 aromatic heterocycles. The second-order valence-corrected chi connectivity index (χ2v) is 8.08. The second kappa shape index (κ2) is 13.0. The molecule has 0 amide bonds. The lowest BCUT2D eigenvalue weighted by atomic mass is 10.0. The van der Waals surface area contributed by atoms with Crippen molar-refractivity contribution in [3.8, 4) is 0 Å². The Balaban J connectivity index is 1.61. The van der Waals surface area contributed by atoms with Gasteiger partial charge in [-0.05, 0) is 19.3 Å². The molecule has 2 fully saturated rings. The van der Waals surface area contributed by atoms with Crippen LogP contribution in [0.25, 0.3) is 0 Å². The van der Waals surface area contributed by atoms with Crippen LogP contribution in [0.5, 0.6) is 0 Å². The van der Waals surface area contributed by atoms with Gasteiger partial charge in [0, 0.05) is 0 Å². The molecule has 2 heterocycles. The lowest BCUT2D eigenvalue weighted by molar-refractivity contribution is -0.188. The van der Waals surface area contributed by atoms with Crippen LogP contribution in [0.1, 0.15) is 57.8 Å². The molecule has 0 saturated carbocycles. The van der Waals surface area contributed by atoms with E-state index in [2.05, 4.69) is 6.58 Å². The third-order valence-electron chi connectivity index (χ3n) is 5.78. The van der Waals surface area contributed by atoms with Gasteiger partial charge in [-0.1, -0.05) is 44.6 Å². The van der Waals surface area contributed by atoms with Crippen molar-refractivity contribution in [1.29, 1.82) is 0 Å². The van der Waals surface area contributed by atoms with Crippen LogP contribution < -0.4 is 0 Å². The third kappa shape index (κ3) is 7.25. The first-order valence-corrected chi connectivity index (χ1v) is 10.9. The Bertz CT molecular complexity index is 462. The molecule has 0 spiro atoms. The van der Waals surface area contributed by atoms with E-state index in [4.69, 9.17) is 19.3 Å². The van der Waals surface area contributed by atoms with Gasteiger partial charge in [-0.2, -0.15) is 0 Å². The highest BCUT2D eigenvalue weighted by Crippen LogP contribution is 2.28. The van der Waals surface area contributed by atoms with Crippen LogP contribution in [-0.2, 0) is 14.2 Å². The first kappa shape index (κ1) is 24.7. The molecule has 2 aliphatic heterocycles. The van der Waals surface area contributed by atoms with E-state index in [0.717, 1.165) is 25.7 Å². The molecule has 8 atom stereocenters. The van der Waals surface area contributed by atoms with Gasteiger partial charge in [-0.3, -0.25) is 0 Å². The normalized spacial score (nSPS) is 37.3. The number of allylic oxidation sites excluding steroid dienone is 1. The molecule has 8 nitrogen and oxygen atoms in total. The molecule has 0 bridgehead atoms. The number of hydrogen-bond donors (Lipinski definition) is 5. The fraction of sp³-hybridized carbons (Fsp3) is 0.905. The highest BCUT2D eigenvalue weighted by molar-refractivity contribution is 4.91. The van der Waals surface area contributed by atoms with Crippen molar-refractivity contribution in [1.82, 2.24) is 0 Å². The fourth-order valence-electron chi connectivity index (χ4n) is 3.91. The average Bonchev–Trinajstić information content (AvgIpc) is 3.15. The molecule has 0 aromatic rings. The zero-order valence-corrected chi connectivity index (χ0v) is 17.1. The van der Waals surface area contributed by atoms with Gasteiger partial charge < -0.3 is 39.7 Å². The van der Waals surface area contributed by atoms with Crippen molar-refractivity contribution in [3.05, 3.63) is 12.7 Å². The molecule has 170 valence electrons. The van der Waals surface area contributed by atoms with Gasteiger partial charge in [0.1, 0.15) is 36.6 Å². The Morgan fingerprint density at radius 1 is 0.724 bits per heavy atom. The van der Waals surface area contributed by atoms with Gasteiger partial charge in [0.25, 0.3) is 0 Å². The molecule has 2 saturated heterocycles. The number of ether oxygens (including phenoxy) is 3. The summed E-state index contributed by atoms with van der Waals surface area (Å²) in [6, 6.07) is 0. The van der Waals surface area contributed by atoms with E-state index in [1.54, 1.807) is 0 Å². The Hall–Kier alpha value is -0.580. The Morgan fingerprint density at radius 2 is 1.31 bits per heavy atom. The van der Waals surface area contributed by atoms with Gasteiger partial charge in [0.05, 0.1) is 19.3 Å². The van der Waals surface area contributed by atoms with Crippen LogP contribution in [0.15, 0.2) is 12.7 Å². The zero-order chi connectivity index (χ0) is 21.2. The maximum absolute atomic E-state index is 10.2. The summed E-state index contributed by atoms with van der Waals surface area (Å²) in [5.41, 5.74) is 0. The van der Waals surface area contributed by atoms with E-state index in [9.17, 15) is 20.4 Å². The van der Waals surface area contributed by atoms with Crippen LogP contribution in [0.3, 0.4) is 0 Å². The third-order valence-corrected chi connectivity index (χ3v) is 5.78. The largest absolute Gasteiger partial charge is 0.394 e. The Kier molecular flexibility index (Phi) is 11.0. The summed E-state index contributed by atoms with van der Waals surface area (Å²) in [5.74, 6) is 0. The van der Waals surface area contributed by atoms with Crippen LogP contribution >= 0.6 is 0 Å². The van der Waals surface area contributed by atoms with Crippen LogP contribution in [0, 0.1) is 0 Å². The van der Waals surface area contributed by atoms with Gasteiger partial charge in [-0.15, -0.1) is 6.58 Å². The molecule has 29 heavy (non-hydrogen) atoms. The topological polar surface area (TPSA) is 129 Å². The van der Waals surface area contributed by atoms with Gasteiger partial charge >= 0.3 is 0 Å². The maximum atomic E-state index is 10.2. The highest BCUT2D eigenvalue weighted by Gasteiger charge is 2.46. The van der Waals surface area contributed by atoms with Crippen molar-refractivity contribution in [3.63, 3.8) is 0 Å². The van der Waals surface area contributed by atoms with E-state index in [1.165, 1.54) is 25.7 Å². The molecule has 8 unspecified atom stereocenters. The lowest BCUT2D eigenvalue weighted by Crippen LogP contribution is -2.38. The van der Waals surface area contributed by atoms with Crippen molar-refractivity contribution >= 4 is 0 Å². The smallest absolute Gasteiger partial charge is 0.186 e. The summed E-state index contributed by atoms with van der Waals surface area (Å²) < 4.78 is 16.4. The second-order valence-electron chi connectivity index (χ2n) is 8.08. The molecule has 2 aliphatic rings. The molecular weight excluding hydrogens is 380 g/mol. The summed E-state index contributed by atoms with van der Waals surface area (Å²) in [5, 5.41) is 49.1. The molecule has 5 N–H and O–H groups in total. The molecular formula is C21H38O8. The van der Waals surface area contributed by atoms with E-state index in [0.29, 0.717) is 6.42 Å². The summed E-state index contributed by atoms with van der Waals surface area (Å²) in [6.07, 6.45) is 3.92. The number of aliphatic hydroxyl groups excluding tert-OH is 5. The predicted molar refractivity (Wildman–Crippen MR) is 106 cm³/mol. The quantitative estimate of drug-likeness (QED) is 0.205. The Morgan fingerprint density at radius 3 is 1.93 bits per heavy atom. The molecule has 0 radical (unpaired) electrons.